The summed E-state index contributed by atoms with van der Waals surface area (Å²) in [4.78, 5) is 35.6. The monoisotopic (exact) mass is 354 g/mol. The van der Waals surface area contributed by atoms with Crippen LogP contribution in [-0.4, -0.2) is 32.0 Å². The summed E-state index contributed by atoms with van der Waals surface area (Å²) in [6.07, 6.45) is 2.01. The Labute approximate surface area is 150 Å². The Morgan fingerprint density at radius 2 is 2.00 bits per heavy atom. The van der Waals surface area contributed by atoms with Crippen molar-refractivity contribution in [2.75, 3.05) is 17.2 Å². The molecule has 136 valence electrons. The Morgan fingerprint density at radius 1 is 1.23 bits per heavy atom. The highest BCUT2D eigenvalue weighted by Crippen LogP contribution is 2.20. The SMILES string of the molecule is CCCCNc1nc(NC(C)=O)c2[nH]c(=O)n(Cc3ccccc3)c2n1. The average molecular weight is 354 g/mol. The number of nitrogens with zero attached hydrogens (tertiary/aromatic N) is 3. The van der Waals surface area contributed by atoms with Crippen LogP contribution in [0.1, 0.15) is 32.3 Å². The van der Waals surface area contributed by atoms with Gasteiger partial charge in [-0.25, -0.2) is 4.79 Å². The average Bonchev–Trinajstić information content (AvgIpc) is 2.92. The summed E-state index contributed by atoms with van der Waals surface area (Å²) in [6.45, 7) is 4.59. The maximum atomic E-state index is 12.5. The molecule has 0 aliphatic rings. The predicted molar refractivity (Wildman–Crippen MR) is 101 cm³/mol. The van der Waals surface area contributed by atoms with Crippen LogP contribution in [0.2, 0.25) is 0 Å². The molecule has 3 aromatic rings. The number of carbonyl (C=O) groups excluding carboxylic acids is 1. The van der Waals surface area contributed by atoms with Gasteiger partial charge in [-0.1, -0.05) is 43.7 Å². The van der Waals surface area contributed by atoms with Crippen molar-refractivity contribution in [1.82, 2.24) is 19.5 Å². The summed E-state index contributed by atoms with van der Waals surface area (Å²) in [5.74, 6) is 0.419. The number of aromatic amines is 1. The van der Waals surface area contributed by atoms with Gasteiger partial charge >= 0.3 is 5.69 Å². The second-order valence-corrected chi connectivity index (χ2v) is 6.06. The fraction of sp³-hybridized carbons (Fsp3) is 0.333. The first-order chi connectivity index (χ1) is 12.6. The van der Waals surface area contributed by atoms with Crippen LogP contribution in [0.4, 0.5) is 11.8 Å². The molecule has 8 nitrogen and oxygen atoms in total. The van der Waals surface area contributed by atoms with E-state index in [-0.39, 0.29) is 11.6 Å². The molecule has 0 spiro atoms. The van der Waals surface area contributed by atoms with Gasteiger partial charge in [0.1, 0.15) is 5.52 Å². The van der Waals surface area contributed by atoms with E-state index in [1.165, 1.54) is 6.92 Å². The van der Waals surface area contributed by atoms with Crippen molar-refractivity contribution >= 4 is 28.8 Å². The Balaban J connectivity index is 2.06. The van der Waals surface area contributed by atoms with E-state index in [2.05, 4.69) is 32.5 Å². The van der Waals surface area contributed by atoms with Crippen LogP contribution in [0.5, 0.6) is 0 Å². The molecule has 1 aromatic carbocycles. The zero-order valence-corrected chi connectivity index (χ0v) is 14.9. The third-order valence-electron chi connectivity index (χ3n) is 3.91. The number of nitrogens with one attached hydrogen (secondary N) is 3. The Hall–Kier alpha value is -3.16. The first-order valence-electron chi connectivity index (χ1n) is 8.64. The molecule has 3 N–H and O–H groups in total. The number of rotatable bonds is 7. The van der Waals surface area contributed by atoms with E-state index < -0.39 is 0 Å². The molecule has 0 fully saturated rings. The predicted octanol–water partition coefficient (Wildman–Crippen LogP) is 2.34. The number of anilines is 2. The van der Waals surface area contributed by atoms with Gasteiger partial charge in [0.25, 0.3) is 0 Å². The van der Waals surface area contributed by atoms with Crippen molar-refractivity contribution in [2.45, 2.75) is 33.2 Å². The van der Waals surface area contributed by atoms with Crippen molar-refractivity contribution in [1.29, 1.82) is 0 Å². The molecule has 0 aliphatic heterocycles. The molecular formula is C18H22N6O2. The highest BCUT2D eigenvalue weighted by atomic mass is 16.2. The summed E-state index contributed by atoms with van der Waals surface area (Å²) in [6, 6.07) is 9.66. The van der Waals surface area contributed by atoms with Crippen LogP contribution in [-0.2, 0) is 11.3 Å². The molecule has 26 heavy (non-hydrogen) atoms. The molecule has 0 radical (unpaired) electrons. The summed E-state index contributed by atoms with van der Waals surface area (Å²) in [7, 11) is 0. The lowest BCUT2D eigenvalue weighted by molar-refractivity contribution is -0.114. The fourth-order valence-electron chi connectivity index (χ4n) is 2.66. The molecule has 3 rings (SSSR count). The zero-order chi connectivity index (χ0) is 18.5. The molecule has 0 unspecified atom stereocenters. The number of aromatic nitrogens is 4. The van der Waals surface area contributed by atoms with Gasteiger partial charge in [-0.15, -0.1) is 0 Å². The van der Waals surface area contributed by atoms with Gasteiger partial charge in [-0.2, -0.15) is 9.97 Å². The highest BCUT2D eigenvalue weighted by molar-refractivity contribution is 5.96. The molecule has 0 bridgehead atoms. The van der Waals surface area contributed by atoms with E-state index in [1.54, 1.807) is 4.57 Å². The fourth-order valence-corrected chi connectivity index (χ4v) is 2.66. The lowest BCUT2D eigenvalue weighted by Crippen LogP contribution is -2.18. The zero-order valence-electron chi connectivity index (χ0n) is 14.9. The summed E-state index contributed by atoms with van der Waals surface area (Å²) < 4.78 is 1.54. The normalized spacial score (nSPS) is 10.8. The Kier molecular flexibility index (Phi) is 5.31. The van der Waals surface area contributed by atoms with Gasteiger partial charge in [-0.05, 0) is 12.0 Å². The van der Waals surface area contributed by atoms with Gasteiger partial charge < -0.3 is 15.6 Å². The first kappa shape index (κ1) is 17.7. The summed E-state index contributed by atoms with van der Waals surface area (Å²) >= 11 is 0. The van der Waals surface area contributed by atoms with Crippen molar-refractivity contribution in [3.63, 3.8) is 0 Å². The molecule has 0 atom stereocenters. The van der Waals surface area contributed by atoms with Gasteiger partial charge in [-0.3, -0.25) is 9.36 Å². The molecule has 0 saturated carbocycles. The van der Waals surface area contributed by atoms with E-state index in [0.29, 0.717) is 29.5 Å². The number of hydrogen-bond acceptors (Lipinski definition) is 5. The molecule has 8 heteroatoms. The van der Waals surface area contributed by atoms with E-state index in [4.69, 9.17) is 0 Å². The Bertz CT molecular complexity index is 961. The second-order valence-electron chi connectivity index (χ2n) is 6.06. The number of benzene rings is 1. The number of amides is 1. The third kappa shape index (κ3) is 3.90. The van der Waals surface area contributed by atoms with Gasteiger partial charge in [0.15, 0.2) is 11.5 Å². The lowest BCUT2D eigenvalue weighted by atomic mass is 10.2. The molecule has 2 heterocycles. The van der Waals surface area contributed by atoms with E-state index in [1.807, 2.05) is 30.3 Å². The minimum atomic E-state index is -0.296. The highest BCUT2D eigenvalue weighted by Gasteiger charge is 2.16. The smallest absolute Gasteiger partial charge is 0.328 e. The van der Waals surface area contributed by atoms with E-state index >= 15 is 0 Å². The van der Waals surface area contributed by atoms with Gasteiger partial charge in [0.05, 0.1) is 6.54 Å². The number of hydrogen-bond donors (Lipinski definition) is 3. The largest absolute Gasteiger partial charge is 0.354 e. The number of H-pyrrole nitrogens is 1. The number of imidazole rings is 1. The number of unbranched alkanes of at least 4 members (excludes halogenated alkanes) is 1. The van der Waals surface area contributed by atoms with Crippen molar-refractivity contribution in [2.24, 2.45) is 0 Å². The van der Waals surface area contributed by atoms with Crippen LogP contribution in [0.15, 0.2) is 35.1 Å². The van der Waals surface area contributed by atoms with Crippen LogP contribution in [0, 0.1) is 0 Å². The second kappa shape index (κ2) is 7.81. The molecular weight excluding hydrogens is 332 g/mol. The van der Waals surface area contributed by atoms with Crippen LogP contribution < -0.4 is 16.3 Å². The Morgan fingerprint density at radius 3 is 2.69 bits per heavy atom. The minimum absolute atomic E-state index is 0.263. The van der Waals surface area contributed by atoms with Crippen LogP contribution >= 0.6 is 0 Å². The van der Waals surface area contributed by atoms with E-state index in [9.17, 15) is 9.59 Å². The van der Waals surface area contributed by atoms with Gasteiger partial charge in [0.2, 0.25) is 11.9 Å². The number of carbonyl (C=O) groups is 1. The first-order valence-corrected chi connectivity index (χ1v) is 8.64. The summed E-state index contributed by atoms with van der Waals surface area (Å²) in [5.41, 5.74) is 1.56. The maximum Gasteiger partial charge on any atom is 0.328 e. The topological polar surface area (TPSA) is 105 Å². The van der Waals surface area contributed by atoms with Crippen LogP contribution in [0.3, 0.4) is 0 Å². The molecule has 0 aliphatic carbocycles. The lowest BCUT2D eigenvalue weighted by Gasteiger charge is -2.09. The summed E-state index contributed by atoms with van der Waals surface area (Å²) in [5, 5.41) is 5.82. The maximum absolute atomic E-state index is 12.5. The van der Waals surface area contributed by atoms with Crippen molar-refractivity contribution in [3.8, 4) is 0 Å². The third-order valence-corrected chi connectivity index (χ3v) is 3.91. The van der Waals surface area contributed by atoms with Crippen LogP contribution in [0.25, 0.3) is 11.2 Å². The molecule has 1 amide bonds. The van der Waals surface area contributed by atoms with Crippen molar-refractivity contribution < 1.29 is 4.79 Å². The number of fused-ring (bicyclic) bond motifs is 1. The van der Waals surface area contributed by atoms with Crippen molar-refractivity contribution in [3.05, 3.63) is 46.4 Å². The standard InChI is InChI=1S/C18H22N6O2/c1-3-4-10-19-17-22-15(20-12(2)25)14-16(23-17)24(18(26)21-14)11-13-8-6-5-7-9-13/h5-9H,3-4,10-11H2,1-2H3,(H,21,26)(H2,19,20,22,23,25). The minimum Gasteiger partial charge on any atom is -0.354 e. The quantitative estimate of drug-likeness (QED) is 0.565. The van der Waals surface area contributed by atoms with Gasteiger partial charge in [0, 0.05) is 13.5 Å². The molecule has 0 saturated heterocycles. The van der Waals surface area contributed by atoms with E-state index in [0.717, 1.165) is 24.9 Å². The molecule has 2 aromatic heterocycles.